The highest BCUT2D eigenvalue weighted by molar-refractivity contribution is 7.09. The van der Waals surface area contributed by atoms with Crippen LogP contribution in [0.25, 0.3) is 0 Å². The lowest BCUT2D eigenvalue weighted by molar-refractivity contribution is 0.100. The minimum Gasteiger partial charge on any atom is -0.394 e. The zero-order valence-electron chi connectivity index (χ0n) is 14.6. The number of epoxide rings is 1. The molecule has 0 aromatic carbocycles. The van der Waals surface area contributed by atoms with Crippen molar-refractivity contribution in [2.75, 3.05) is 6.61 Å². The molecule has 0 amide bonds. The van der Waals surface area contributed by atoms with Gasteiger partial charge in [-0.05, 0) is 23.2 Å². The van der Waals surface area contributed by atoms with Crippen LogP contribution in [0.4, 0.5) is 0 Å². The van der Waals surface area contributed by atoms with E-state index in [4.69, 9.17) is 9.26 Å². The predicted octanol–water partition coefficient (Wildman–Crippen LogP) is 3.97. The van der Waals surface area contributed by atoms with E-state index < -0.39 is 0 Å². The van der Waals surface area contributed by atoms with Crippen molar-refractivity contribution in [3.63, 3.8) is 0 Å². The minimum atomic E-state index is -0.238. The van der Waals surface area contributed by atoms with Gasteiger partial charge in [-0.3, -0.25) is 0 Å². The zero-order valence-corrected chi connectivity index (χ0v) is 15.8. The molecule has 1 fully saturated rings. The van der Waals surface area contributed by atoms with Crippen LogP contribution in [-0.2, 0) is 9.26 Å². The summed E-state index contributed by atoms with van der Waals surface area (Å²) < 4.78 is 11.5. The van der Waals surface area contributed by atoms with E-state index in [1.54, 1.807) is 0 Å². The number of aliphatic hydroxyl groups excluding tert-OH is 1. The quantitative estimate of drug-likeness (QED) is 0.458. The van der Waals surface area contributed by atoms with Crippen molar-refractivity contribution in [3.8, 4) is 0 Å². The molecule has 5 atom stereocenters. The van der Waals surface area contributed by atoms with Gasteiger partial charge in [-0.15, -0.1) is 0 Å². The fraction of sp³-hybridized carbons (Fsp3) is 0.882. The Kier molecular flexibility index (Phi) is 6.06. The molecule has 124 valence electrons. The first-order chi connectivity index (χ1) is 9.47. The van der Waals surface area contributed by atoms with E-state index in [9.17, 15) is 5.11 Å². The second kappa shape index (κ2) is 6.66. The van der Waals surface area contributed by atoms with Gasteiger partial charge in [0.15, 0.2) is 0 Å². The van der Waals surface area contributed by atoms with Crippen molar-refractivity contribution in [3.05, 3.63) is 12.2 Å². The molecule has 1 saturated heterocycles. The fourth-order valence-electron chi connectivity index (χ4n) is 2.90. The van der Waals surface area contributed by atoms with Gasteiger partial charge in [0.25, 0.3) is 0 Å². The molecule has 0 aromatic heterocycles. The standard InChI is InChI=1S/C17H33O3P/c1-12(13(20-21)8-9-15(2,3)4)10-17(16(5,6)7)14(11-18)19-17/h8-9,12-14,18H,10-11,21H2,1-7H3/b9-8+/t12-,13+,14+,17+/m1/s1. The molecular formula is C17H33O3P. The van der Waals surface area contributed by atoms with E-state index in [2.05, 4.69) is 70.1 Å². The Morgan fingerprint density at radius 3 is 2.19 bits per heavy atom. The van der Waals surface area contributed by atoms with Crippen LogP contribution in [0.1, 0.15) is 54.9 Å². The summed E-state index contributed by atoms with van der Waals surface area (Å²) in [5.41, 5.74) is -0.0847. The second-order valence-corrected chi connectivity index (χ2v) is 8.71. The summed E-state index contributed by atoms with van der Waals surface area (Å²) in [4.78, 5) is 0. The average Bonchev–Trinajstić information content (AvgIpc) is 3.02. The molecule has 0 aliphatic carbocycles. The Morgan fingerprint density at radius 1 is 1.29 bits per heavy atom. The Labute approximate surface area is 132 Å². The molecule has 0 saturated carbocycles. The lowest BCUT2D eigenvalue weighted by atomic mass is 9.72. The lowest BCUT2D eigenvalue weighted by Gasteiger charge is -2.32. The zero-order chi connectivity index (χ0) is 16.5. The SMILES string of the molecule is C[C@H](C[C@]1(C(C)(C)C)O[C@H]1CO)[C@H](/C=C/C(C)(C)C)OP. The summed E-state index contributed by atoms with van der Waals surface area (Å²) in [6.07, 6.45) is 5.22. The Bertz CT molecular complexity index is 367. The molecule has 0 bridgehead atoms. The number of aliphatic hydroxyl groups is 1. The van der Waals surface area contributed by atoms with Gasteiger partial charge >= 0.3 is 0 Å². The number of ether oxygens (including phenoxy) is 1. The van der Waals surface area contributed by atoms with Crippen LogP contribution >= 0.6 is 9.47 Å². The van der Waals surface area contributed by atoms with E-state index in [0.717, 1.165) is 6.42 Å². The van der Waals surface area contributed by atoms with Crippen LogP contribution in [0.3, 0.4) is 0 Å². The van der Waals surface area contributed by atoms with Gasteiger partial charge in [0.05, 0.1) is 12.7 Å². The number of hydrogen-bond donors (Lipinski definition) is 1. The third kappa shape index (κ3) is 4.76. The fourth-order valence-corrected chi connectivity index (χ4v) is 3.26. The molecule has 3 nitrogen and oxygen atoms in total. The third-order valence-electron chi connectivity index (χ3n) is 4.38. The van der Waals surface area contributed by atoms with Crippen molar-refractivity contribution >= 4 is 9.47 Å². The van der Waals surface area contributed by atoms with Crippen LogP contribution in [0.15, 0.2) is 12.2 Å². The minimum absolute atomic E-state index is 0.00777. The maximum Gasteiger partial charge on any atom is 0.111 e. The first-order valence-electron chi connectivity index (χ1n) is 7.80. The van der Waals surface area contributed by atoms with Crippen LogP contribution in [-0.4, -0.2) is 29.5 Å². The monoisotopic (exact) mass is 316 g/mol. The van der Waals surface area contributed by atoms with Crippen LogP contribution < -0.4 is 0 Å². The molecule has 1 N–H and O–H groups in total. The van der Waals surface area contributed by atoms with Gasteiger partial charge in [0.1, 0.15) is 11.7 Å². The summed E-state index contributed by atoms with van der Waals surface area (Å²) in [6.45, 7) is 15.3. The molecule has 1 unspecified atom stereocenters. The first-order valence-corrected chi connectivity index (χ1v) is 8.27. The highest BCUT2D eigenvalue weighted by atomic mass is 31.0. The summed E-state index contributed by atoms with van der Waals surface area (Å²) in [5, 5.41) is 9.45. The van der Waals surface area contributed by atoms with Crippen molar-refractivity contribution in [1.82, 2.24) is 0 Å². The maximum absolute atomic E-state index is 9.45. The molecule has 0 radical (unpaired) electrons. The number of rotatable bonds is 6. The third-order valence-corrected chi connectivity index (χ3v) is 4.69. The molecule has 1 aliphatic heterocycles. The Balaban J connectivity index is 2.78. The Morgan fingerprint density at radius 2 is 1.86 bits per heavy atom. The molecule has 4 heteroatoms. The van der Waals surface area contributed by atoms with E-state index in [1.807, 2.05) is 0 Å². The Hall–Kier alpha value is 0.0500. The van der Waals surface area contributed by atoms with E-state index in [0.29, 0.717) is 5.92 Å². The molecular weight excluding hydrogens is 283 g/mol. The van der Waals surface area contributed by atoms with Crippen LogP contribution in [0.2, 0.25) is 0 Å². The molecule has 0 spiro atoms. The topological polar surface area (TPSA) is 42.0 Å². The number of hydrogen-bond acceptors (Lipinski definition) is 3. The first kappa shape index (κ1) is 19.1. The van der Waals surface area contributed by atoms with Gasteiger partial charge in [-0.2, -0.15) is 0 Å². The van der Waals surface area contributed by atoms with Gasteiger partial charge in [0.2, 0.25) is 0 Å². The van der Waals surface area contributed by atoms with E-state index in [1.165, 1.54) is 0 Å². The predicted molar refractivity (Wildman–Crippen MR) is 91.1 cm³/mol. The molecule has 1 heterocycles. The normalized spacial score (nSPS) is 29.7. The summed E-state index contributed by atoms with van der Waals surface area (Å²) in [6, 6.07) is 0. The largest absolute Gasteiger partial charge is 0.394 e. The second-order valence-electron chi connectivity index (χ2n) is 8.44. The van der Waals surface area contributed by atoms with Gasteiger partial charge in [0, 0.05) is 9.47 Å². The van der Waals surface area contributed by atoms with E-state index >= 15 is 0 Å². The highest BCUT2D eigenvalue weighted by Crippen LogP contribution is 2.54. The van der Waals surface area contributed by atoms with Crippen molar-refractivity contribution in [1.29, 1.82) is 0 Å². The number of allylic oxidation sites excluding steroid dienone is 1. The van der Waals surface area contributed by atoms with Crippen molar-refractivity contribution < 1.29 is 14.4 Å². The summed E-state index contributed by atoms with van der Waals surface area (Å²) in [5.74, 6) is 0.317. The van der Waals surface area contributed by atoms with Crippen molar-refractivity contribution in [2.45, 2.75) is 72.7 Å². The maximum atomic E-state index is 9.45. The molecule has 21 heavy (non-hydrogen) atoms. The van der Waals surface area contributed by atoms with Crippen LogP contribution in [0.5, 0.6) is 0 Å². The molecule has 1 rings (SSSR count). The highest BCUT2D eigenvalue weighted by Gasteiger charge is 2.63. The molecule has 1 aliphatic rings. The van der Waals surface area contributed by atoms with E-state index in [-0.39, 0.29) is 35.2 Å². The lowest BCUT2D eigenvalue weighted by Crippen LogP contribution is -2.37. The van der Waals surface area contributed by atoms with Crippen molar-refractivity contribution in [2.24, 2.45) is 16.7 Å². The van der Waals surface area contributed by atoms with Gasteiger partial charge < -0.3 is 14.4 Å². The smallest absolute Gasteiger partial charge is 0.111 e. The summed E-state index contributed by atoms with van der Waals surface area (Å²) >= 11 is 0. The average molecular weight is 316 g/mol. The van der Waals surface area contributed by atoms with Gasteiger partial charge in [-0.1, -0.05) is 60.6 Å². The van der Waals surface area contributed by atoms with Gasteiger partial charge in [-0.25, -0.2) is 0 Å². The van der Waals surface area contributed by atoms with Crippen LogP contribution in [0, 0.1) is 16.7 Å². The molecule has 0 aromatic rings. The summed E-state index contributed by atoms with van der Waals surface area (Å²) in [7, 11) is 2.38.